The van der Waals surface area contributed by atoms with Crippen molar-refractivity contribution in [1.29, 1.82) is 0 Å². The lowest BCUT2D eigenvalue weighted by molar-refractivity contribution is 0.559. The summed E-state index contributed by atoms with van der Waals surface area (Å²) in [6.07, 6.45) is 0. The van der Waals surface area contributed by atoms with Gasteiger partial charge < -0.3 is 10.6 Å². The summed E-state index contributed by atoms with van der Waals surface area (Å²) >= 11 is 0. The van der Waals surface area contributed by atoms with Gasteiger partial charge in [0.2, 0.25) is 0 Å². The molecule has 1 atom stereocenters. The highest BCUT2D eigenvalue weighted by molar-refractivity contribution is 5.55. The largest absolute Gasteiger partial charge is 0.359 e. The highest BCUT2D eigenvalue weighted by Crippen LogP contribution is 2.38. The number of anilines is 1. The maximum Gasteiger partial charge on any atom is 0.131 e. The molecule has 0 aromatic heterocycles. The van der Waals surface area contributed by atoms with Crippen molar-refractivity contribution in [1.82, 2.24) is 0 Å². The summed E-state index contributed by atoms with van der Waals surface area (Å²) in [5.74, 6) is -1.59. The first-order valence-electron chi connectivity index (χ1n) is 6.30. The van der Waals surface area contributed by atoms with Crippen LogP contribution in [0.1, 0.15) is 17.2 Å². The van der Waals surface area contributed by atoms with Crippen molar-refractivity contribution >= 4 is 5.69 Å². The van der Waals surface area contributed by atoms with Crippen LogP contribution in [0.3, 0.4) is 0 Å². The van der Waals surface area contributed by atoms with Crippen LogP contribution >= 0.6 is 0 Å². The summed E-state index contributed by atoms with van der Waals surface area (Å²) < 4.78 is 40.6. The van der Waals surface area contributed by atoms with Gasteiger partial charge in [-0.3, -0.25) is 0 Å². The van der Waals surface area contributed by atoms with Crippen LogP contribution in [0.4, 0.5) is 18.9 Å². The second-order valence-corrected chi connectivity index (χ2v) is 4.82. The molecular weight excluding hydrogens is 265 g/mol. The number of halogens is 3. The maximum absolute atomic E-state index is 14.0. The average molecular weight is 278 g/mol. The summed E-state index contributed by atoms with van der Waals surface area (Å²) in [5.41, 5.74) is 7.29. The molecule has 2 aromatic rings. The van der Waals surface area contributed by atoms with Gasteiger partial charge in [-0.15, -0.1) is 0 Å². The maximum atomic E-state index is 14.0. The van der Waals surface area contributed by atoms with Crippen molar-refractivity contribution in [3.63, 3.8) is 0 Å². The number of hydrogen-bond donors (Lipinski definition) is 1. The Morgan fingerprint density at radius 2 is 1.90 bits per heavy atom. The van der Waals surface area contributed by atoms with E-state index in [-0.39, 0.29) is 12.4 Å². The molecule has 1 aliphatic rings. The third-order valence-electron chi connectivity index (χ3n) is 3.59. The molecule has 2 nitrogen and oxygen atoms in total. The zero-order valence-electron chi connectivity index (χ0n) is 10.6. The minimum Gasteiger partial charge on any atom is -0.359 e. The molecule has 3 rings (SSSR count). The summed E-state index contributed by atoms with van der Waals surface area (Å²) in [5, 5.41) is 0. The predicted molar refractivity (Wildman–Crippen MR) is 70.7 cm³/mol. The van der Waals surface area contributed by atoms with Crippen LogP contribution in [0.5, 0.6) is 0 Å². The molecule has 2 N–H and O–H groups in total. The van der Waals surface area contributed by atoms with Gasteiger partial charge >= 0.3 is 0 Å². The fourth-order valence-electron chi connectivity index (χ4n) is 2.76. The van der Waals surface area contributed by atoms with Gasteiger partial charge in [0, 0.05) is 30.4 Å². The number of nitrogens with zero attached hydrogens (tertiary/aromatic N) is 1. The van der Waals surface area contributed by atoms with Gasteiger partial charge in [-0.1, -0.05) is 6.07 Å². The van der Waals surface area contributed by atoms with Gasteiger partial charge in [0.1, 0.15) is 17.5 Å². The number of nitrogens with two attached hydrogens (primary N) is 1. The molecule has 0 fully saturated rings. The van der Waals surface area contributed by atoms with Crippen LogP contribution in [-0.2, 0) is 6.54 Å². The molecule has 0 bridgehead atoms. The van der Waals surface area contributed by atoms with Crippen LogP contribution in [0.25, 0.3) is 0 Å². The van der Waals surface area contributed by atoms with E-state index in [9.17, 15) is 13.2 Å². The fourth-order valence-corrected chi connectivity index (χ4v) is 2.76. The van der Waals surface area contributed by atoms with E-state index in [4.69, 9.17) is 5.73 Å². The van der Waals surface area contributed by atoms with E-state index in [0.717, 1.165) is 6.07 Å². The van der Waals surface area contributed by atoms with Crippen LogP contribution in [-0.4, -0.2) is 6.54 Å². The van der Waals surface area contributed by atoms with Gasteiger partial charge in [0.15, 0.2) is 0 Å². The van der Waals surface area contributed by atoms with Crippen molar-refractivity contribution < 1.29 is 13.2 Å². The van der Waals surface area contributed by atoms with E-state index in [0.29, 0.717) is 23.4 Å². The lowest BCUT2D eigenvalue weighted by Gasteiger charge is -2.26. The summed E-state index contributed by atoms with van der Waals surface area (Å²) in [4.78, 5) is 1.79. The Hall–Kier alpha value is -2.01. The van der Waals surface area contributed by atoms with E-state index >= 15 is 0 Å². The van der Waals surface area contributed by atoms with E-state index in [1.807, 2.05) is 0 Å². The molecular formula is C15H13F3N2. The standard InChI is InChI=1S/C15H13F3N2/c16-10-2-1-3-12(5-10)20-8-9-4-11(17)6-13(18)15(9)14(20)7-19/h1-6,14H,7-8,19H2. The zero-order chi connectivity index (χ0) is 14.3. The van der Waals surface area contributed by atoms with Gasteiger partial charge in [-0.2, -0.15) is 0 Å². The highest BCUT2D eigenvalue weighted by Gasteiger charge is 2.32. The number of fused-ring (bicyclic) bond motifs is 1. The second-order valence-electron chi connectivity index (χ2n) is 4.82. The van der Waals surface area contributed by atoms with E-state index in [1.54, 1.807) is 17.0 Å². The molecule has 0 aliphatic carbocycles. The number of hydrogen-bond acceptors (Lipinski definition) is 2. The Morgan fingerprint density at radius 1 is 1.10 bits per heavy atom. The van der Waals surface area contributed by atoms with Gasteiger partial charge in [0.05, 0.1) is 6.04 Å². The molecule has 5 heteroatoms. The van der Waals surface area contributed by atoms with Gasteiger partial charge in [0.25, 0.3) is 0 Å². The van der Waals surface area contributed by atoms with E-state index < -0.39 is 17.7 Å². The first kappa shape index (κ1) is 13.0. The third-order valence-corrected chi connectivity index (χ3v) is 3.59. The number of rotatable bonds is 2. The normalized spacial score (nSPS) is 17.4. The van der Waals surface area contributed by atoms with Gasteiger partial charge in [-0.05, 0) is 29.8 Å². The van der Waals surface area contributed by atoms with Crippen LogP contribution < -0.4 is 10.6 Å². The SMILES string of the molecule is NCC1c2c(F)cc(F)cc2CN1c1cccc(F)c1. The van der Waals surface area contributed by atoms with Crippen molar-refractivity contribution in [2.24, 2.45) is 5.73 Å². The molecule has 104 valence electrons. The molecule has 20 heavy (non-hydrogen) atoms. The third kappa shape index (κ3) is 2.04. The van der Waals surface area contributed by atoms with Crippen LogP contribution in [0.15, 0.2) is 36.4 Å². The monoisotopic (exact) mass is 278 g/mol. The molecule has 0 radical (unpaired) electrons. The first-order chi connectivity index (χ1) is 9.60. The lowest BCUT2D eigenvalue weighted by atomic mass is 10.0. The van der Waals surface area contributed by atoms with Crippen LogP contribution in [0, 0.1) is 17.5 Å². The van der Waals surface area contributed by atoms with Gasteiger partial charge in [-0.25, -0.2) is 13.2 Å². The molecule has 0 saturated carbocycles. The molecule has 0 amide bonds. The Labute approximate surface area is 114 Å². The molecule has 1 heterocycles. The van der Waals surface area contributed by atoms with Crippen molar-refractivity contribution in [2.45, 2.75) is 12.6 Å². The van der Waals surface area contributed by atoms with Crippen molar-refractivity contribution in [3.05, 3.63) is 65.0 Å². The molecule has 1 aliphatic heterocycles. The number of benzene rings is 2. The smallest absolute Gasteiger partial charge is 0.131 e. The second kappa shape index (κ2) is 4.83. The topological polar surface area (TPSA) is 29.3 Å². The van der Waals surface area contributed by atoms with Crippen LogP contribution in [0.2, 0.25) is 0 Å². The average Bonchev–Trinajstić information content (AvgIpc) is 2.77. The Bertz CT molecular complexity index is 658. The zero-order valence-corrected chi connectivity index (χ0v) is 10.6. The highest BCUT2D eigenvalue weighted by atomic mass is 19.1. The first-order valence-corrected chi connectivity index (χ1v) is 6.30. The quantitative estimate of drug-likeness (QED) is 0.914. The molecule has 0 spiro atoms. The Kier molecular flexibility index (Phi) is 3.14. The minimum absolute atomic E-state index is 0.173. The fraction of sp³-hybridized carbons (Fsp3) is 0.200. The van der Waals surface area contributed by atoms with E-state index in [1.165, 1.54) is 18.2 Å². The minimum atomic E-state index is -0.613. The van der Waals surface area contributed by atoms with Crippen molar-refractivity contribution in [2.75, 3.05) is 11.4 Å². The Balaban J connectivity index is 2.07. The molecule has 2 aromatic carbocycles. The summed E-state index contributed by atoms with van der Waals surface area (Å²) in [6.45, 7) is 0.487. The molecule has 1 unspecified atom stereocenters. The Morgan fingerprint density at radius 3 is 2.60 bits per heavy atom. The summed E-state index contributed by atoms with van der Waals surface area (Å²) in [7, 11) is 0. The van der Waals surface area contributed by atoms with E-state index in [2.05, 4.69) is 0 Å². The lowest BCUT2D eigenvalue weighted by Crippen LogP contribution is -2.28. The van der Waals surface area contributed by atoms with Crippen molar-refractivity contribution in [3.8, 4) is 0 Å². The molecule has 0 saturated heterocycles. The predicted octanol–water partition coefficient (Wildman–Crippen LogP) is 3.12. The summed E-state index contributed by atoms with van der Waals surface area (Å²) in [6, 6.07) is 7.77.